The number of aliphatic carboxylic acids is 1. The van der Waals surface area contributed by atoms with Gasteiger partial charge in [-0.2, -0.15) is 0 Å². The van der Waals surface area contributed by atoms with E-state index in [4.69, 9.17) is 0 Å². The third-order valence-corrected chi connectivity index (χ3v) is 4.95. The lowest BCUT2D eigenvalue weighted by Gasteiger charge is -2.24. The molecule has 0 aliphatic heterocycles. The van der Waals surface area contributed by atoms with Crippen molar-refractivity contribution in [3.05, 3.63) is 48.7 Å². The highest BCUT2D eigenvalue weighted by Crippen LogP contribution is 2.48. The van der Waals surface area contributed by atoms with Crippen LogP contribution in [0.5, 0.6) is 0 Å². The Kier molecular flexibility index (Phi) is 3.15. The molecule has 0 saturated heterocycles. The molecule has 1 heterocycles. The number of nitrogens with zero attached hydrogens (tertiary/aromatic N) is 1. The van der Waals surface area contributed by atoms with Crippen LogP contribution in [0.15, 0.2) is 48.7 Å². The molecule has 23 heavy (non-hydrogen) atoms. The van der Waals surface area contributed by atoms with Crippen LogP contribution in [0.4, 0.5) is 5.69 Å². The molecule has 1 amide bonds. The highest BCUT2D eigenvalue weighted by atomic mass is 16.4. The zero-order valence-corrected chi connectivity index (χ0v) is 12.3. The van der Waals surface area contributed by atoms with Crippen LogP contribution < -0.4 is 5.32 Å². The van der Waals surface area contributed by atoms with Crippen LogP contribution in [0.25, 0.3) is 10.9 Å². The second-order valence-corrected chi connectivity index (χ2v) is 6.20. The van der Waals surface area contributed by atoms with E-state index < -0.39 is 17.8 Å². The van der Waals surface area contributed by atoms with Crippen LogP contribution >= 0.6 is 0 Å². The fourth-order valence-electron chi connectivity index (χ4n) is 3.94. The summed E-state index contributed by atoms with van der Waals surface area (Å²) in [4.78, 5) is 28.6. The number of fused-ring (bicyclic) bond motifs is 3. The van der Waals surface area contributed by atoms with Crippen molar-refractivity contribution in [2.24, 2.45) is 23.7 Å². The van der Waals surface area contributed by atoms with Gasteiger partial charge in [-0.3, -0.25) is 14.6 Å². The summed E-state index contributed by atoms with van der Waals surface area (Å²) in [5, 5.41) is 13.2. The molecule has 5 nitrogen and oxygen atoms in total. The van der Waals surface area contributed by atoms with E-state index in [1.54, 1.807) is 6.20 Å². The van der Waals surface area contributed by atoms with Crippen LogP contribution in [0.3, 0.4) is 0 Å². The summed E-state index contributed by atoms with van der Waals surface area (Å²) < 4.78 is 0. The van der Waals surface area contributed by atoms with Crippen molar-refractivity contribution >= 4 is 28.5 Å². The molecule has 2 bridgehead atoms. The average molecular weight is 308 g/mol. The van der Waals surface area contributed by atoms with E-state index in [1.807, 2.05) is 42.5 Å². The van der Waals surface area contributed by atoms with Crippen LogP contribution in [0.1, 0.15) is 6.42 Å². The van der Waals surface area contributed by atoms with Gasteiger partial charge >= 0.3 is 5.97 Å². The molecule has 2 aromatic rings. The minimum atomic E-state index is -0.887. The lowest BCUT2D eigenvalue weighted by Crippen LogP contribution is -2.36. The monoisotopic (exact) mass is 308 g/mol. The molecule has 0 unspecified atom stereocenters. The Hall–Kier alpha value is -2.69. The van der Waals surface area contributed by atoms with E-state index >= 15 is 0 Å². The Morgan fingerprint density at radius 1 is 1.09 bits per heavy atom. The van der Waals surface area contributed by atoms with E-state index in [-0.39, 0.29) is 17.7 Å². The molecule has 2 N–H and O–H groups in total. The molecule has 1 saturated carbocycles. The summed E-state index contributed by atoms with van der Waals surface area (Å²) in [5.41, 5.74) is 1.48. The standard InChI is InChI=1S/C18H16N2O3/c21-17(15-10-6-7-11(9-10)16(15)18(22)23)20-14-5-1-4-13-12(14)3-2-8-19-13/h1-8,10-11,15-16H,9H2,(H,20,21)(H,22,23)/t10-,11-,15-,16-/m0/s1. The second-order valence-electron chi connectivity index (χ2n) is 6.20. The second kappa shape index (κ2) is 5.19. The number of benzene rings is 1. The smallest absolute Gasteiger partial charge is 0.307 e. The number of hydrogen-bond donors (Lipinski definition) is 2. The van der Waals surface area contributed by atoms with Gasteiger partial charge in [0.25, 0.3) is 0 Å². The molecular weight excluding hydrogens is 292 g/mol. The van der Waals surface area contributed by atoms with E-state index in [1.165, 1.54) is 0 Å². The number of rotatable bonds is 3. The van der Waals surface area contributed by atoms with Gasteiger partial charge in [-0.05, 0) is 42.5 Å². The molecule has 2 aliphatic carbocycles. The molecule has 1 fully saturated rings. The first-order chi connectivity index (χ1) is 11.1. The van der Waals surface area contributed by atoms with Crippen LogP contribution in [0, 0.1) is 23.7 Å². The van der Waals surface area contributed by atoms with Crippen LogP contribution in [-0.4, -0.2) is 22.0 Å². The highest BCUT2D eigenvalue weighted by Gasteiger charge is 2.51. The molecule has 5 heteroatoms. The fourth-order valence-corrected chi connectivity index (χ4v) is 3.94. The molecule has 0 spiro atoms. The average Bonchev–Trinajstić information content (AvgIpc) is 3.16. The maximum atomic E-state index is 12.7. The van der Waals surface area contributed by atoms with Crippen molar-refractivity contribution in [3.8, 4) is 0 Å². The summed E-state index contributed by atoms with van der Waals surface area (Å²) in [6.07, 6.45) is 6.38. The summed E-state index contributed by atoms with van der Waals surface area (Å²) in [5.74, 6) is -2.24. The number of carboxylic acid groups (broad SMARTS) is 1. The Morgan fingerprint density at radius 3 is 2.65 bits per heavy atom. The summed E-state index contributed by atoms with van der Waals surface area (Å²) in [6, 6.07) is 9.25. The third-order valence-electron chi connectivity index (χ3n) is 4.95. The van der Waals surface area contributed by atoms with E-state index in [9.17, 15) is 14.7 Å². The molecule has 4 atom stereocenters. The fraction of sp³-hybridized carbons (Fsp3) is 0.278. The van der Waals surface area contributed by atoms with Gasteiger partial charge < -0.3 is 10.4 Å². The molecule has 4 rings (SSSR count). The number of anilines is 1. The number of carboxylic acids is 1. The predicted molar refractivity (Wildman–Crippen MR) is 85.7 cm³/mol. The van der Waals surface area contributed by atoms with Crippen LogP contribution in [-0.2, 0) is 9.59 Å². The maximum Gasteiger partial charge on any atom is 0.307 e. The number of pyridine rings is 1. The van der Waals surface area contributed by atoms with Crippen molar-refractivity contribution in [1.82, 2.24) is 4.98 Å². The Morgan fingerprint density at radius 2 is 1.87 bits per heavy atom. The van der Waals surface area contributed by atoms with Gasteiger partial charge in [0.1, 0.15) is 0 Å². The third kappa shape index (κ3) is 2.20. The van der Waals surface area contributed by atoms with Gasteiger partial charge in [0.2, 0.25) is 5.91 Å². The van der Waals surface area contributed by atoms with E-state index in [0.29, 0.717) is 5.69 Å². The lowest BCUT2D eigenvalue weighted by atomic mass is 9.82. The van der Waals surface area contributed by atoms with Crippen molar-refractivity contribution < 1.29 is 14.7 Å². The van der Waals surface area contributed by atoms with Crippen LogP contribution in [0.2, 0.25) is 0 Å². The topological polar surface area (TPSA) is 79.3 Å². The van der Waals surface area contributed by atoms with E-state index in [2.05, 4.69) is 10.3 Å². The first kappa shape index (κ1) is 13.9. The highest BCUT2D eigenvalue weighted by molar-refractivity contribution is 6.03. The lowest BCUT2D eigenvalue weighted by molar-refractivity contribution is -0.146. The number of amides is 1. The largest absolute Gasteiger partial charge is 0.481 e. The Labute approximate surface area is 133 Å². The zero-order chi connectivity index (χ0) is 16.0. The maximum absolute atomic E-state index is 12.7. The van der Waals surface area contributed by atoms with Crippen molar-refractivity contribution in [1.29, 1.82) is 0 Å². The molecule has 116 valence electrons. The minimum absolute atomic E-state index is 0.0224. The Balaban J connectivity index is 1.65. The minimum Gasteiger partial charge on any atom is -0.481 e. The van der Waals surface area contributed by atoms with Crippen molar-refractivity contribution in [2.45, 2.75) is 6.42 Å². The number of hydrogen-bond acceptors (Lipinski definition) is 3. The van der Waals surface area contributed by atoms with Crippen molar-refractivity contribution in [3.63, 3.8) is 0 Å². The molecule has 2 aliphatic rings. The summed E-state index contributed by atoms with van der Waals surface area (Å²) in [7, 11) is 0. The quantitative estimate of drug-likeness (QED) is 0.854. The van der Waals surface area contributed by atoms with Gasteiger partial charge in [-0.25, -0.2) is 0 Å². The summed E-state index contributed by atoms with van der Waals surface area (Å²) >= 11 is 0. The summed E-state index contributed by atoms with van der Waals surface area (Å²) in [6.45, 7) is 0. The first-order valence-corrected chi connectivity index (χ1v) is 7.71. The molecule has 1 aromatic carbocycles. The van der Waals surface area contributed by atoms with Gasteiger partial charge in [-0.15, -0.1) is 0 Å². The van der Waals surface area contributed by atoms with Gasteiger partial charge in [0, 0.05) is 11.6 Å². The normalized spacial score (nSPS) is 28.2. The van der Waals surface area contributed by atoms with Gasteiger partial charge in [0.05, 0.1) is 23.0 Å². The molecule has 0 radical (unpaired) electrons. The number of carbonyl (C=O) groups excluding carboxylic acids is 1. The SMILES string of the molecule is O=C(O)[C@@H]1[C@@H](C(=O)Nc2cccc3ncccc23)[C@H]2C=C[C@H]1C2. The first-order valence-electron chi connectivity index (χ1n) is 7.71. The Bertz CT molecular complexity index is 825. The van der Waals surface area contributed by atoms with Gasteiger partial charge in [0.15, 0.2) is 0 Å². The number of allylic oxidation sites excluding steroid dienone is 2. The molecular formula is C18H16N2O3. The number of carbonyl (C=O) groups is 2. The molecule has 1 aromatic heterocycles. The predicted octanol–water partition coefficient (Wildman–Crippen LogP) is 2.70. The van der Waals surface area contributed by atoms with Crippen molar-refractivity contribution in [2.75, 3.05) is 5.32 Å². The zero-order valence-electron chi connectivity index (χ0n) is 12.3. The van der Waals surface area contributed by atoms with E-state index in [0.717, 1.165) is 17.3 Å². The number of aromatic nitrogens is 1. The van der Waals surface area contributed by atoms with Gasteiger partial charge in [-0.1, -0.05) is 18.2 Å². The number of nitrogens with one attached hydrogen (secondary N) is 1.